The van der Waals surface area contributed by atoms with Crippen LogP contribution in [0.2, 0.25) is 0 Å². The van der Waals surface area contributed by atoms with E-state index in [1.807, 2.05) is 13.0 Å². The number of hydrogen-bond acceptors (Lipinski definition) is 2. The van der Waals surface area contributed by atoms with Gasteiger partial charge in [-0.3, -0.25) is 4.79 Å². The molecule has 0 radical (unpaired) electrons. The molecule has 0 aromatic heterocycles. The Labute approximate surface area is 89.6 Å². The van der Waals surface area contributed by atoms with E-state index in [0.717, 1.165) is 5.56 Å². The van der Waals surface area contributed by atoms with Crippen molar-refractivity contribution >= 4 is 5.91 Å². The zero-order valence-electron chi connectivity index (χ0n) is 8.97. The molecule has 1 rings (SSSR count). The summed E-state index contributed by atoms with van der Waals surface area (Å²) in [5.74, 6) is 0.0412. The lowest BCUT2D eigenvalue weighted by Gasteiger charge is -2.24. The number of hydrogen-bond donors (Lipinski definition) is 1. The van der Waals surface area contributed by atoms with Crippen molar-refractivity contribution in [2.24, 2.45) is 0 Å². The molecule has 3 nitrogen and oxygen atoms in total. The maximum absolute atomic E-state index is 11.4. The summed E-state index contributed by atoms with van der Waals surface area (Å²) in [7, 11) is 1.68. The minimum absolute atomic E-state index is 0.161. The fourth-order valence-electron chi connectivity index (χ4n) is 1.38. The van der Waals surface area contributed by atoms with Crippen molar-refractivity contribution in [2.45, 2.75) is 13.0 Å². The summed E-state index contributed by atoms with van der Waals surface area (Å²) in [5.41, 5.74) is 0.732. The lowest BCUT2D eigenvalue weighted by molar-refractivity contribution is -0.126. The van der Waals surface area contributed by atoms with Gasteiger partial charge in [-0.2, -0.15) is 0 Å². The number of carbonyl (C=O) groups is 1. The largest absolute Gasteiger partial charge is 0.508 e. The van der Waals surface area contributed by atoms with Crippen LogP contribution in [0.15, 0.2) is 36.9 Å². The van der Waals surface area contributed by atoms with Crippen LogP contribution in [0, 0.1) is 0 Å². The van der Waals surface area contributed by atoms with Gasteiger partial charge in [0.05, 0.1) is 6.04 Å². The highest BCUT2D eigenvalue weighted by Gasteiger charge is 2.17. The molecule has 1 aromatic carbocycles. The SMILES string of the molecule is C=CC(=O)N(C)C(C)c1ccccc1O. The maximum Gasteiger partial charge on any atom is 0.246 e. The molecule has 1 amide bonds. The van der Waals surface area contributed by atoms with Gasteiger partial charge in [0.1, 0.15) is 5.75 Å². The lowest BCUT2D eigenvalue weighted by atomic mass is 10.1. The first-order valence-electron chi connectivity index (χ1n) is 4.75. The molecule has 1 aromatic rings. The van der Waals surface area contributed by atoms with Crippen LogP contribution in [0.3, 0.4) is 0 Å². The average molecular weight is 205 g/mol. The molecular weight excluding hydrogens is 190 g/mol. The van der Waals surface area contributed by atoms with Gasteiger partial charge < -0.3 is 10.0 Å². The molecule has 0 heterocycles. The minimum Gasteiger partial charge on any atom is -0.508 e. The third-order valence-corrected chi connectivity index (χ3v) is 2.49. The molecule has 1 N–H and O–H groups in total. The first kappa shape index (κ1) is 11.3. The highest BCUT2D eigenvalue weighted by atomic mass is 16.3. The summed E-state index contributed by atoms with van der Waals surface area (Å²) >= 11 is 0. The monoisotopic (exact) mass is 205 g/mol. The number of amides is 1. The topological polar surface area (TPSA) is 40.5 Å². The highest BCUT2D eigenvalue weighted by Crippen LogP contribution is 2.26. The van der Waals surface area contributed by atoms with E-state index in [-0.39, 0.29) is 17.7 Å². The maximum atomic E-state index is 11.4. The second-order valence-corrected chi connectivity index (χ2v) is 3.39. The van der Waals surface area contributed by atoms with Gasteiger partial charge in [-0.05, 0) is 19.1 Å². The molecule has 0 aliphatic rings. The molecule has 0 saturated carbocycles. The van der Waals surface area contributed by atoms with Crippen molar-refractivity contribution in [3.8, 4) is 5.75 Å². The number of phenolic OH excluding ortho intramolecular Hbond substituents is 1. The Bertz CT molecular complexity index is 374. The van der Waals surface area contributed by atoms with Gasteiger partial charge in [-0.1, -0.05) is 24.8 Å². The summed E-state index contributed by atoms with van der Waals surface area (Å²) in [6.07, 6.45) is 1.26. The number of para-hydroxylation sites is 1. The normalized spacial score (nSPS) is 11.9. The van der Waals surface area contributed by atoms with E-state index in [1.165, 1.54) is 11.0 Å². The molecule has 0 aliphatic carbocycles. The van der Waals surface area contributed by atoms with Gasteiger partial charge in [-0.25, -0.2) is 0 Å². The van der Waals surface area contributed by atoms with Crippen LogP contribution in [-0.2, 0) is 4.79 Å². The van der Waals surface area contributed by atoms with E-state index in [1.54, 1.807) is 25.2 Å². The summed E-state index contributed by atoms with van der Waals surface area (Å²) < 4.78 is 0. The third kappa shape index (κ3) is 2.37. The van der Waals surface area contributed by atoms with E-state index in [9.17, 15) is 9.90 Å². The molecule has 0 fully saturated rings. The van der Waals surface area contributed by atoms with Crippen LogP contribution >= 0.6 is 0 Å². The molecule has 3 heteroatoms. The van der Waals surface area contributed by atoms with Crippen molar-refractivity contribution in [2.75, 3.05) is 7.05 Å². The van der Waals surface area contributed by atoms with E-state index < -0.39 is 0 Å². The van der Waals surface area contributed by atoms with E-state index in [4.69, 9.17) is 0 Å². The zero-order valence-corrected chi connectivity index (χ0v) is 8.97. The summed E-state index contributed by atoms with van der Waals surface area (Å²) in [6, 6.07) is 6.82. The standard InChI is InChI=1S/C12H15NO2/c1-4-12(15)13(3)9(2)10-7-5-6-8-11(10)14/h4-9,14H,1H2,2-3H3. The molecular formula is C12H15NO2. The van der Waals surface area contributed by atoms with Crippen molar-refractivity contribution in [3.63, 3.8) is 0 Å². The summed E-state index contributed by atoms with van der Waals surface area (Å²) in [6.45, 7) is 5.28. The number of nitrogens with zero attached hydrogens (tertiary/aromatic N) is 1. The fraction of sp³-hybridized carbons (Fsp3) is 0.250. The van der Waals surface area contributed by atoms with Crippen molar-refractivity contribution in [1.82, 2.24) is 4.90 Å². The Morgan fingerprint density at radius 2 is 2.13 bits per heavy atom. The van der Waals surface area contributed by atoms with E-state index in [2.05, 4.69) is 6.58 Å². The molecule has 1 unspecified atom stereocenters. The first-order valence-corrected chi connectivity index (χ1v) is 4.75. The molecule has 0 aliphatic heterocycles. The van der Waals surface area contributed by atoms with Gasteiger partial charge in [0.2, 0.25) is 5.91 Å². The average Bonchev–Trinajstić information content (AvgIpc) is 2.26. The predicted octanol–water partition coefficient (Wildman–Crippen LogP) is 2.10. The Morgan fingerprint density at radius 3 is 2.67 bits per heavy atom. The van der Waals surface area contributed by atoms with Gasteiger partial charge >= 0.3 is 0 Å². The number of rotatable bonds is 3. The highest BCUT2D eigenvalue weighted by molar-refractivity contribution is 5.87. The van der Waals surface area contributed by atoms with Gasteiger partial charge in [0.15, 0.2) is 0 Å². The first-order chi connectivity index (χ1) is 7.07. The quantitative estimate of drug-likeness (QED) is 0.768. The molecule has 1 atom stereocenters. The third-order valence-electron chi connectivity index (χ3n) is 2.49. The minimum atomic E-state index is -0.170. The summed E-state index contributed by atoms with van der Waals surface area (Å²) in [4.78, 5) is 12.9. The molecule has 0 saturated heterocycles. The van der Waals surface area contributed by atoms with Crippen LogP contribution in [0.5, 0.6) is 5.75 Å². The zero-order chi connectivity index (χ0) is 11.4. The predicted molar refractivity (Wildman–Crippen MR) is 59.5 cm³/mol. The van der Waals surface area contributed by atoms with Gasteiger partial charge in [-0.15, -0.1) is 0 Å². The number of benzene rings is 1. The number of likely N-dealkylation sites (N-methyl/N-ethyl adjacent to an activating group) is 1. The van der Waals surface area contributed by atoms with Gasteiger partial charge in [0, 0.05) is 12.6 Å². The van der Waals surface area contributed by atoms with Crippen LogP contribution < -0.4 is 0 Å². The van der Waals surface area contributed by atoms with Crippen molar-refractivity contribution in [1.29, 1.82) is 0 Å². The van der Waals surface area contributed by atoms with Crippen molar-refractivity contribution < 1.29 is 9.90 Å². The lowest BCUT2D eigenvalue weighted by Crippen LogP contribution is -2.27. The van der Waals surface area contributed by atoms with Crippen LogP contribution in [-0.4, -0.2) is 23.0 Å². The molecule has 15 heavy (non-hydrogen) atoms. The Morgan fingerprint density at radius 1 is 1.53 bits per heavy atom. The van der Waals surface area contributed by atoms with E-state index in [0.29, 0.717) is 0 Å². The van der Waals surface area contributed by atoms with Crippen molar-refractivity contribution in [3.05, 3.63) is 42.5 Å². The van der Waals surface area contributed by atoms with Crippen LogP contribution in [0.4, 0.5) is 0 Å². The second kappa shape index (κ2) is 4.64. The van der Waals surface area contributed by atoms with Gasteiger partial charge in [0.25, 0.3) is 0 Å². The molecule has 80 valence electrons. The van der Waals surface area contributed by atoms with Crippen LogP contribution in [0.1, 0.15) is 18.5 Å². The van der Waals surface area contributed by atoms with Crippen LogP contribution in [0.25, 0.3) is 0 Å². The molecule has 0 bridgehead atoms. The molecule has 0 spiro atoms. The Hall–Kier alpha value is -1.77. The Kier molecular flexibility index (Phi) is 3.50. The summed E-state index contributed by atoms with van der Waals surface area (Å²) in [5, 5.41) is 9.62. The Balaban J connectivity index is 2.94. The second-order valence-electron chi connectivity index (χ2n) is 3.39. The fourth-order valence-corrected chi connectivity index (χ4v) is 1.38. The number of phenols is 1. The number of carbonyl (C=O) groups excluding carboxylic acids is 1. The number of aromatic hydroxyl groups is 1. The van der Waals surface area contributed by atoms with E-state index >= 15 is 0 Å². The smallest absolute Gasteiger partial charge is 0.246 e.